The Hall–Kier alpha value is -1.78. The second kappa shape index (κ2) is 9.59. The van der Waals surface area contributed by atoms with Crippen molar-refractivity contribution >= 4 is 44.8 Å². The molecule has 35 heavy (non-hydrogen) atoms. The number of thiophene rings is 1. The molecule has 3 N–H and O–H groups in total. The highest BCUT2D eigenvalue weighted by Crippen LogP contribution is 2.64. The summed E-state index contributed by atoms with van der Waals surface area (Å²) in [5, 5.41) is 15.5. The molecule has 5 rings (SSSR count). The third-order valence-electron chi connectivity index (χ3n) is 8.24. The van der Waals surface area contributed by atoms with E-state index in [9.17, 15) is 23.1 Å². The van der Waals surface area contributed by atoms with E-state index in [0.717, 1.165) is 24.9 Å². The first-order chi connectivity index (χ1) is 16.4. The number of rotatable bonds is 5. The van der Waals surface area contributed by atoms with Crippen LogP contribution in [0.4, 0.5) is 0 Å². The lowest BCUT2D eigenvalue weighted by Gasteiger charge is -2.35. The van der Waals surface area contributed by atoms with Crippen LogP contribution in [0.1, 0.15) is 61.1 Å². The first kappa shape index (κ1) is 26.3. The van der Waals surface area contributed by atoms with Crippen molar-refractivity contribution in [3.05, 3.63) is 56.7 Å². The number of carboxylic acid groups (broad SMARTS) is 1. The van der Waals surface area contributed by atoms with E-state index in [1.165, 1.54) is 4.88 Å². The van der Waals surface area contributed by atoms with E-state index in [4.69, 9.17) is 16.2 Å². The van der Waals surface area contributed by atoms with E-state index >= 15 is 0 Å². The third-order valence-corrected chi connectivity index (χ3v) is 10.4. The maximum Gasteiger partial charge on any atom is 0.312 e. The van der Waals surface area contributed by atoms with Crippen LogP contribution >= 0.6 is 22.9 Å². The largest absolute Gasteiger partial charge is 0.481 e. The molecule has 0 radical (unpaired) electrons. The van der Waals surface area contributed by atoms with Crippen LogP contribution in [0.25, 0.3) is 0 Å². The van der Waals surface area contributed by atoms with Gasteiger partial charge in [0.2, 0.25) is 0 Å². The molecule has 0 saturated heterocycles. The summed E-state index contributed by atoms with van der Waals surface area (Å²) in [5.41, 5.74) is 0.636. The average molecular weight is 540 g/mol. The Balaban J connectivity index is 0.000000172. The minimum absolute atomic E-state index is 0.0152. The molecule has 3 aliphatic rings. The Labute approximate surface area is 214 Å². The molecule has 1 aromatic carbocycles. The molecule has 2 aliphatic carbocycles. The summed E-state index contributed by atoms with van der Waals surface area (Å²) in [4.78, 5) is 24.9. The molecule has 2 fully saturated rings. The highest BCUT2D eigenvalue weighted by atomic mass is 35.5. The number of aliphatic carboxylic acids is 1. The lowest BCUT2D eigenvalue weighted by molar-refractivity contribution is -0.139. The number of carbonyl (C=O) groups is 2. The van der Waals surface area contributed by atoms with Crippen molar-refractivity contribution in [2.45, 2.75) is 51.5 Å². The van der Waals surface area contributed by atoms with Crippen LogP contribution in [0.5, 0.6) is 0 Å². The zero-order chi connectivity index (χ0) is 25.6. The Kier molecular flexibility index (Phi) is 7.20. The molecular weight excluding hydrogens is 510 g/mol. The molecule has 2 saturated carbocycles. The van der Waals surface area contributed by atoms with Crippen molar-refractivity contribution in [3.8, 4) is 0 Å². The summed E-state index contributed by atoms with van der Waals surface area (Å²) in [6.45, 7) is 4.69. The third kappa shape index (κ3) is 4.81. The van der Waals surface area contributed by atoms with E-state index in [-0.39, 0.29) is 23.2 Å². The summed E-state index contributed by atoms with van der Waals surface area (Å²) in [6, 6.07) is 8.98. The zero-order valence-corrected chi connectivity index (χ0v) is 22.0. The molecule has 2 bridgehead atoms. The summed E-state index contributed by atoms with van der Waals surface area (Å²) < 4.78 is 31.0. The van der Waals surface area contributed by atoms with Gasteiger partial charge in [-0.25, -0.2) is 0 Å². The van der Waals surface area contributed by atoms with Gasteiger partial charge < -0.3 is 10.4 Å². The number of carboxylic acids is 1. The number of ketones is 1. The number of carbonyl (C=O) groups excluding carboxylic acids is 1. The number of fused-ring (bicyclic) bond motifs is 3. The zero-order valence-electron chi connectivity index (χ0n) is 19.7. The Morgan fingerprint density at radius 1 is 1.29 bits per heavy atom. The molecule has 4 atom stereocenters. The number of hydrogen-bond acceptors (Lipinski definition) is 6. The molecule has 2 aromatic rings. The van der Waals surface area contributed by atoms with E-state index in [0.29, 0.717) is 23.4 Å². The Morgan fingerprint density at radius 2 is 2.00 bits per heavy atom. The van der Waals surface area contributed by atoms with Crippen LogP contribution in [-0.2, 0) is 26.1 Å². The van der Waals surface area contributed by atoms with Crippen molar-refractivity contribution in [3.63, 3.8) is 0 Å². The van der Waals surface area contributed by atoms with Gasteiger partial charge in [0.15, 0.2) is 0 Å². The minimum Gasteiger partial charge on any atom is -0.481 e. The summed E-state index contributed by atoms with van der Waals surface area (Å²) in [7, 11) is -4.08. The number of benzene rings is 1. The van der Waals surface area contributed by atoms with Crippen LogP contribution in [-0.4, -0.2) is 42.1 Å². The molecule has 7 nitrogen and oxygen atoms in total. The number of halogens is 1. The van der Waals surface area contributed by atoms with Gasteiger partial charge in [0.1, 0.15) is 11.7 Å². The Bertz CT molecular complexity index is 1240. The van der Waals surface area contributed by atoms with Crippen LogP contribution < -0.4 is 5.32 Å². The molecular formula is C25H30ClNO6S2. The van der Waals surface area contributed by atoms with Gasteiger partial charge in [0.05, 0.1) is 17.2 Å². The van der Waals surface area contributed by atoms with Crippen molar-refractivity contribution in [2.75, 3.05) is 12.3 Å². The van der Waals surface area contributed by atoms with Crippen LogP contribution in [0, 0.1) is 16.7 Å². The van der Waals surface area contributed by atoms with Gasteiger partial charge >= 0.3 is 5.97 Å². The van der Waals surface area contributed by atoms with Gasteiger partial charge in [-0.05, 0) is 59.2 Å². The summed E-state index contributed by atoms with van der Waals surface area (Å²) >= 11 is 7.89. The fourth-order valence-corrected chi connectivity index (χ4v) is 8.66. The molecule has 1 aliphatic heterocycles. The average Bonchev–Trinajstić information content (AvgIpc) is 3.38. The van der Waals surface area contributed by atoms with Gasteiger partial charge in [-0.1, -0.05) is 43.6 Å². The van der Waals surface area contributed by atoms with E-state index in [1.54, 1.807) is 23.5 Å². The number of hydrogen-bond donors (Lipinski definition) is 3. The number of nitrogens with one attached hydrogen (secondary N) is 1. The van der Waals surface area contributed by atoms with Crippen molar-refractivity contribution in [1.82, 2.24) is 5.32 Å². The lowest BCUT2D eigenvalue weighted by Crippen LogP contribution is -2.42. The van der Waals surface area contributed by atoms with E-state index in [2.05, 4.69) is 5.32 Å². The second-order valence-corrected chi connectivity index (χ2v) is 13.1. The standard InChI is InChI=1S/C15H14ClNO2S.C10H16O4S/c16-11-4-2-1-3-9(11)13(15(18)19)14-10-6-8-20-12(10)5-7-17-14;1-9(2)7-3-4-10(9,8(11)5-7)6-15(12,13)14/h1-4,6,8,13-14,17H,5,7H2,(H,18,19);7H,3-6H2,1-2H3,(H,12,13,14)/t13?,14-;/m1./s1. The minimum atomic E-state index is -4.08. The highest BCUT2D eigenvalue weighted by molar-refractivity contribution is 7.85. The van der Waals surface area contributed by atoms with Gasteiger partial charge in [0, 0.05) is 22.9 Å². The predicted octanol–water partition coefficient (Wildman–Crippen LogP) is 4.73. The molecule has 2 heterocycles. The number of Topliss-reactive ketones (excluding diaryl/α,β-unsaturated/α-hetero) is 1. The second-order valence-electron chi connectivity index (χ2n) is 10.2. The van der Waals surface area contributed by atoms with Crippen molar-refractivity contribution in [2.24, 2.45) is 16.7 Å². The monoisotopic (exact) mass is 539 g/mol. The maximum absolute atomic E-state index is 11.9. The van der Waals surface area contributed by atoms with Gasteiger partial charge in [0.25, 0.3) is 10.1 Å². The van der Waals surface area contributed by atoms with Crippen molar-refractivity contribution < 1.29 is 27.7 Å². The Morgan fingerprint density at radius 3 is 2.57 bits per heavy atom. The van der Waals surface area contributed by atoms with Crippen LogP contribution in [0.3, 0.4) is 0 Å². The maximum atomic E-state index is 11.9. The molecule has 0 spiro atoms. The summed E-state index contributed by atoms with van der Waals surface area (Å²) in [6.07, 6.45) is 2.93. The fourth-order valence-electron chi connectivity index (χ4n) is 6.18. The highest BCUT2D eigenvalue weighted by Gasteiger charge is 2.65. The van der Waals surface area contributed by atoms with Crippen LogP contribution in [0.15, 0.2) is 35.7 Å². The topological polar surface area (TPSA) is 121 Å². The van der Waals surface area contributed by atoms with Gasteiger partial charge in [-0.2, -0.15) is 8.42 Å². The summed E-state index contributed by atoms with van der Waals surface area (Å²) in [5.74, 6) is -1.62. The fraction of sp³-hybridized carbons (Fsp3) is 0.520. The smallest absolute Gasteiger partial charge is 0.312 e. The molecule has 0 amide bonds. The normalized spacial score (nSPS) is 27.6. The SMILES string of the molecule is CC1(C)C2CCC1(CS(=O)(=O)O)C(=O)C2.O=C(O)C(c1ccccc1Cl)[C@@H]1NCCc2sccc21. The molecule has 190 valence electrons. The van der Waals surface area contributed by atoms with Gasteiger partial charge in [-0.15, -0.1) is 11.3 Å². The van der Waals surface area contributed by atoms with Crippen LogP contribution in [0.2, 0.25) is 5.02 Å². The predicted molar refractivity (Wildman–Crippen MR) is 136 cm³/mol. The van der Waals surface area contributed by atoms with E-state index in [1.807, 2.05) is 37.4 Å². The molecule has 10 heteroatoms. The first-order valence-corrected chi connectivity index (χ1v) is 14.5. The van der Waals surface area contributed by atoms with Gasteiger partial charge in [-0.3, -0.25) is 14.1 Å². The molecule has 3 unspecified atom stereocenters. The lowest BCUT2D eigenvalue weighted by atomic mass is 9.70. The first-order valence-electron chi connectivity index (χ1n) is 11.6. The molecule has 1 aromatic heterocycles. The quantitative estimate of drug-likeness (QED) is 0.470. The van der Waals surface area contributed by atoms with E-state index < -0.39 is 33.2 Å². The van der Waals surface area contributed by atoms with Crippen molar-refractivity contribution in [1.29, 1.82) is 0 Å².